The van der Waals surface area contributed by atoms with Gasteiger partial charge in [-0.2, -0.15) is 0 Å². The Bertz CT molecular complexity index is 773. The molecule has 2 aromatic rings. The van der Waals surface area contributed by atoms with Crippen LogP contribution >= 0.6 is 35.3 Å². The van der Waals surface area contributed by atoms with Crippen LogP contribution < -0.4 is 10.6 Å². The van der Waals surface area contributed by atoms with E-state index in [9.17, 15) is 8.42 Å². The summed E-state index contributed by atoms with van der Waals surface area (Å²) < 4.78 is 22.9. The fourth-order valence-electron chi connectivity index (χ4n) is 2.18. The normalized spacial score (nSPS) is 13.0. The van der Waals surface area contributed by atoms with Gasteiger partial charge in [0, 0.05) is 37.2 Å². The monoisotopic (exact) mass is 493 g/mol. The molecule has 0 amide bonds. The number of benzene rings is 1. The lowest BCUT2D eigenvalue weighted by Crippen LogP contribution is -2.38. The van der Waals surface area contributed by atoms with Crippen molar-refractivity contribution in [2.45, 2.75) is 24.3 Å². The average molecular weight is 493 g/mol. The Morgan fingerprint density at radius 3 is 2.40 bits per heavy atom. The van der Waals surface area contributed by atoms with Crippen LogP contribution in [0.3, 0.4) is 0 Å². The van der Waals surface area contributed by atoms with Crippen molar-refractivity contribution >= 4 is 51.1 Å². The number of guanidine groups is 1. The molecular formula is C17H24IN3O2S2. The van der Waals surface area contributed by atoms with Gasteiger partial charge in [-0.25, -0.2) is 8.42 Å². The van der Waals surface area contributed by atoms with Crippen LogP contribution in [0.2, 0.25) is 0 Å². The predicted molar refractivity (Wildman–Crippen MR) is 116 cm³/mol. The second kappa shape index (κ2) is 10.1. The summed E-state index contributed by atoms with van der Waals surface area (Å²) in [6.07, 6.45) is 1.21. The van der Waals surface area contributed by atoms with Crippen molar-refractivity contribution < 1.29 is 8.42 Å². The second-order valence-electron chi connectivity index (χ2n) is 5.64. The summed E-state index contributed by atoms with van der Waals surface area (Å²) in [7, 11) is -1.42. The van der Waals surface area contributed by atoms with Gasteiger partial charge in [0.15, 0.2) is 15.8 Å². The van der Waals surface area contributed by atoms with Crippen molar-refractivity contribution in [3.8, 4) is 0 Å². The Kier molecular flexibility index (Phi) is 8.87. The second-order valence-corrected chi connectivity index (χ2v) is 8.63. The fourth-order valence-corrected chi connectivity index (χ4v) is 3.60. The van der Waals surface area contributed by atoms with E-state index in [1.807, 2.05) is 12.1 Å². The highest BCUT2D eigenvalue weighted by Gasteiger charge is 2.08. The molecule has 0 radical (unpaired) electrons. The van der Waals surface area contributed by atoms with Gasteiger partial charge in [-0.1, -0.05) is 25.1 Å². The molecule has 1 aromatic heterocycles. The Balaban J connectivity index is 0.00000312. The highest BCUT2D eigenvalue weighted by molar-refractivity contribution is 14.0. The zero-order chi connectivity index (χ0) is 17.6. The number of rotatable bonds is 6. The summed E-state index contributed by atoms with van der Waals surface area (Å²) in [5, 5.41) is 8.63. The number of nitrogens with zero attached hydrogens (tertiary/aromatic N) is 1. The van der Waals surface area contributed by atoms with Crippen molar-refractivity contribution in [1.29, 1.82) is 0 Å². The van der Waals surface area contributed by atoms with E-state index in [1.165, 1.54) is 11.1 Å². The summed E-state index contributed by atoms with van der Waals surface area (Å²) in [6.45, 7) is 3.56. The summed E-state index contributed by atoms with van der Waals surface area (Å²) >= 11 is 1.75. The minimum Gasteiger partial charge on any atom is -0.356 e. The number of nitrogens with one attached hydrogen (secondary N) is 2. The first kappa shape index (κ1) is 21.9. The molecule has 8 heteroatoms. The van der Waals surface area contributed by atoms with Gasteiger partial charge in [0.05, 0.1) is 4.90 Å². The van der Waals surface area contributed by atoms with E-state index >= 15 is 0 Å². The van der Waals surface area contributed by atoms with E-state index in [-0.39, 0.29) is 24.0 Å². The summed E-state index contributed by atoms with van der Waals surface area (Å²) in [5.74, 6) is 1.14. The molecule has 5 nitrogen and oxygen atoms in total. The zero-order valence-corrected chi connectivity index (χ0v) is 18.5. The van der Waals surface area contributed by atoms with Crippen LogP contribution in [0.4, 0.5) is 0 Å². The van der Waals surface area contributed by atoms with Gasteiger partial charge >= 0.3 is 0 Å². The molecule has 0 aliphatic carbocycles. The molecule has 0 bridgehead atoms. The Hall–Kier alpha value is -1.13. The average Bonchev–Trinajstić information content (AvgIpc) is 3.09. The highest BCUT2D eigenvalue weighted by atomic mass is 127. The molecule has 2 N–H and O–H groups in total. The zero-order valence-electron chi connectivity index (χ0n) is 14.5. The van der Waals surface area contributed by atoms with E-state index in [2.05, 4.69) is 40.1 Å². The highest BCUT2D eigenvalue weighted by Crippen LogP contribution is 2.19. The third kappa shape index (κ3) is 6.95. The van der Waals surface area contributed by atoms with Crippen LogP contribution in [-0.4, -0.2) is 34.2 Å². The third-order valence-corrected chi connectivity index (χ3v) is 5.87. The Morgan fingerprint density at radius 1 is 1.20 bits per heavy atom. The number of hydrogen-bond donors (Lipinski definition) is 2. The maximum Gasteiger partial charge on any atom is 0.191 e. The summed E-state index contributed by atoms with van der Waals surface area (Å²) in [5.41, 5.74) is 0.997. The molecule has 1 aromatic carbocycles. The molecule has 138 valence electrons. The maximum atomic E-state index is 11.5. The molecule has 1 unspecified atom stereocenters. The molecule has 0 aliphatic rings. The topological polar surface area (TPSA) is 70.6 Å². The lowest BCUT2D eigenvalue weighted by atomic mass is 10.1. The largest absolute Gasteiger partial charge is 0.356 e. The van der Waals surface area contributed by atoms with E-state index < -0.39 is 9.84 Å². The molecule has 0 fully saturated rings. The van der Waals surface area contributed by atoms with Crippen molar-refractivity contribution in [3.05, 3.63) is 52.2 Å². The minimum atomic E-state index is -3.15. The van der Waals surface area contributed by atoms with Crippen molar-refractivity contribution in [2.24, 2.45) is 4.99 Å². The number of thiophene rings is 1. The molecule has 0 saturated carbocycles. The smallest absolute Gasteiger partial charge is 0.191 e. The quantitative estimate of drug-likeness (QED) is 0.368. The third-order valence-electron chi connectivity index (χ3n) is 3.64. The number of aliphatic imine (C=N–C) groups is 1. The number of sulfone groups is 1. The van der Waals surface area contributed by atoms with Gasteiger partial charge in [0.2, 0.25) is 0 Å². The lowest BCUT2D eigenvalue weighted by molar-refractivity contribution is 0.602. The number of halogens is 1. The Labute approximate surface area is 170 Å². The van der Waals surface area contributed by atoms with Gasteiger partial charge in [-0.05, 0) is 29.1 Å². The molecule has 25 heavy (non-hydrogen) atoms. The van der Waals surface area contributed by atoms with Crippen LogP contribution in [0.1, 0.15) is 23.3 Å². The van der Waals surface area contributed by atoms with Gasteiger partial charge in [-0.15, -0.1) is 35.3 Å². The first-order valence-electron chi connectivity index (χ1n) is 7.67. The standard InChI is InChI=1S/C17H23N3O2S2.HI/c1-13(16-5-4-10-23-16)11-19-17(18-2)20-12-14-6-8-15(9-7-14)24(3,21)22;/h4-10,13H,11-12H2,1-3H3,(H2,18,19,20);1H. The van der Waals surface area contributed by atoms with Crippen LogP contribution in [-0.2, 0) is 16.4 Å². The molecule has 2 rings (SSSR count). The minimum absolute atomic E-state index is 0. The number of hydrogen-bond acceptors (Lipinski definition) is 4. The van der Waals surface area contributed by atoms with Crippen molar-refractivity contribution in [2.75, 3.05) is 19.8 Å². The summed E-state index contributed by atoms with van der Waals surface area (Å²) in [6, 6.07) is 11.1. The molecule has 0 aliphatic heterocycles. The lowest BCUT2D eigenvalue weighted by Gasteiger charge is -2.15. The van der Waals surface area contributed by atoms with Crippen LogP contribution in [0.5, 0.6) is 0 Å². The first-order chi connectivity index (χ1) is 11.4. The van der Waals surface area contributed by atoms with Gasteiger partial charge < -0.3 is 10.6 Å². The van der Waals surface area contributed by atoms with E-state index in [4.69, 9.17) is 0 Å². The molecule has 0 spiro atoms. The summed E-state index contributed by atoms with van der Waals surface area (Å²) in [4.78, 5) is 5.89. The van der Waals surface area contributed by atoms with Gasteiger partial charge in [0.25, 0.3) is 0 Å². The van der Waals surface area contributed by atoms with E-state index in [0.29, 0.717) is 17.4 Å². The predicted octanol–water partition coefficient (Wildman–Crippen LogP) is 3.24. The van der Waals surface area contributed by atoms with E-state index in [1.54, 1.807) is 30.5 Å². The van der Waals surface area contributed by atoms with Gasteiger partial charge in [0.1, 0.15) is 0 Å². The van der Waals surface area contributed by atoms with Crippen molar-refractivity contribution in [3.63, 3.8) is 0 Å². The van der Waals surface area contributed by atoms with Crippen LogP contribution in [0.25, 0.3) is 0 Å². The SMILES string of the molecule is CN=C(NCc1ccc(S(C)(=O)=O)cc1)NCC(C)c1cccs1.I. The van der Waals surface area contributed by atoms with E-state index in [0.717, 1.165) is 18.1 Å². The van der Waals surface area contributed by atoms with Crippen LogP contribution in [0.15, 0.2) is 51.7 Å². The molecule has 0 saturated heterocycles. The fraction of sp³-hybridized carbons (Fsp3) is 0.353. The van der Waals surface area contributed by atoms with Gasteiger partial charge in [-0.3, -0.25) is 4.99 Å². The Morgan fingerprint density at radius 2 is 1.88 bits per heavy atom. The molecular weight excluding hydrogens is 469 g/mol. The van der Waals surface area contributed by atoms with Crippen molar-refractivity contribution in [1.82, 2.24) is 10.6 Å². The molecule has 1 heterocycles. The molecule has 1 atom stereocenters. The first-order valence-corrected chi connectivity index (χ1v) is 10.4. The van der Waals surface area contributed by atoms with Crippen LogP contribution in [0, 0.1) is 0 Å². The maximum absolute atomic E-state index is 11.5.